The zero-order valence-electron chi connectivity index (χ0n) is 12.9. The molecule has 0 aliphatic carbocycles. The molecule has 1 aliphatic heterocycles. The predicted molar refractivity (Wildman–Crippen MR) is 82.3 cm³/mol. The highest BCUT2D eigenvalue weighted by Gasteiger charge is 2.26. The van der Waals surface area contributed by atoms with Crippen molar-refractivity contribution in [3.63, 3.8) is 0 Å². The van der Waals surface area contributed by atoms with Gasteiger partial charge < -0.3 is 15.2 Å². The Morgan fingerprint density at radius 2 is 2.15 bits per heavy atom. The second-order valence-corrected chi connectivity index (χ2v) is 6.59. The molecule has 1 aromatic rings. The first-order valence-electron chi connectivity index (χ1n) is 7.71. The molecular formula is C17H27NO2. The lowest BCUT2D eigenvalue weighted by Gasteiger charge is -2.27. The third kappa shape index (κ3) is 3.89. The normalized spacial score (nSPS) is 17.9. The van der Waals surface area contributed by atoms with Crippen LogP contribution in [0.1, 0.15) is 58.1 Å². The fourth-order valence-corrected chi connectivity index (χ4v) is 2.71. The minimum Gasteiger partial charge on any atom is -0.508 e. The molecule has 0 amide bonds. The van der Waals surface area contributed by atoms with Crippen LogP contribution < -0.4 is 10.1 Å². The molecule has 0 saturated carbocycles. The van der Waals surface area contributed by atoms with Gasteiger partial charge in [-0.15, -0.1) is 0 Å². The van der Waals surface area contributed by atoms with Crippen molar-refractivity contribution in [2.24, 2.45) is 5.41 Å². The molecule has 1 aliphatic rings. The maximum Gasteiger partial charge on any atom is 0.127 e. The van der Waals surface area contributed by atoms with Crippen LogP contribution in [0.4, 0.5) is 0 Å². The highest BCUT2D eigenvalue weighted by molar-refractivity contribution is 5.44. The molecule has 112 valence electrons. The summed E-state index contributed by atoms with van der Waals surface area (Å²) in [6.45, 7) is 8.54. The molecule has 2 rings (SSSR count). The molecule has 20 heavy (non-hydrogen) atoms. The Balaban J connectivity index is 1.87. The molecule has 0 bridgehead atoms. The van der Waals surface area contributed by atoms with E-state index in [0.717, 1.165) is 17.9 Å². The zero-order valence-corrected chi connectivity index (χ0v) is 12.9. The van der Waals surface area contributed by atoms with Gasteiger partial charge in [-0.3, -0.25) is 0 Å². The number of ether oxygens (including phenoxy) is 1. The largest absolute Gasteiger partial charge is 0.508 e. The first-order chi connectivity index (χ1) is 9.52. The maximum atomic E-state index is 9.46. The molecule has 0 aromatic heterocycles. The lowest BCUT2D eigenvalue weighted by Crippen LogP contribution is -2.33. The molecule has 3 nitrogen and oxygen atoms in total. The van der Waals surface area contributed by atoms with E-state index in [9.17, 15) is 5.11 Å². The summed E-state index contributed by atoms with van der Waals surface area (Å²) in [5.41, 5.74) is 1.47. The number of hydrogen-bond donors (Lipinski definition) is 2. The Kier molecular flexibility index (Phi) is 4.92. The number of unbranched alkanes of at least 4 members (excludes halogenated alkanes) is 2. The van der Waals surface area contributed by atoms with Gasteiger partial charge in [-0.05, 0) is 24.0 Å². The zero-order chi connectivity index (χ0) is 14.6. The third-order valence-corrected chi connectivity index (χ3v) is 4.06. The molecule has 2 N–H and O–H groups in total. The van der Waals surface area contributed by atoms with E-state index < -0.39 is 0 Å². The summed E-state index contributed by atoms with van der Waals surface area (Å²) < 4.78 is 5.63. The SMILES string of the molecule is CCCCCC(C)(C)CNC1COc2cc(O)ccc21. The van der Waals surface area contributed by atoms with Gasteiger partial charge in [-0.25, -0.2) is 0 Å². The number of aromatic hydroxyl groups is 1. The average Bonchev–Trinajstić information content (AvgIpc) is 2.79. The van der Waals surface area contributed by atoms with Crippen molar-refractivity contribution < 1.29 is 9.84 Å². The molecule has 1 heterocycles. The highest BCUT2D eigenvalue weighted by atomic mass is 16.5. The van der Waals surface area contributed by atoms with Crippen LogP contribution in [0, 0.1) is 5.41 Å². The summed E-state index contributed by atoms with van der Waals surface area (Å²) in [5, 5.41) is 13.1. The Morgan fingerprint density at radius 3 is 2.90 bits per heavy atom. The summed E-state index contributed by atoms with van der Waals surface area (Å²) >= 11 is 0. The van der Waals surface area contributed by atoms with Crippen molar-refractivity contribution >= 4 is 0 Å². The Morgan fingerprint density at radius 1 is 1.35 bits per heavy atom. The average molecular weight is 277 g/mol. The molecule has 1 aromatic carbocycles. The van der Waals surface area contributed by atoms with E-state index in [4.69, 9.17) is 4.74 Å². The van der Waals surface area contributed by atoms with Crippen LogP contribution in [0.25, 0.3) is 0 Å². The highest BCUT2D eigenvalue weighted by Crippen LogP contribution is 2.35. The maximum absolute atomic E-state index is 9.46. The van der Waals surface area contributed by atoms with E-state index >= 15 is 0 Å². The van der Waals surface area contributed by atoms with Crippen LogP contribution in [0.5, 0.6) is 11.5 Å². The summed E-state index contributed by atoms with van der Waals surface area (Å²) in [4.78, 5) is 0. The molecule has 0 fully saturated rings. The van der Waals surface area contributed by atoms with E-state index in [-0.39, 0.29) is 11.8 Å². The van der Waals surface area contributed by atoms with Gasteiger partial charge in [0.25, 0.3) is 0 Å². The van der Waals surface area contributed by atoms with Crippen LogP contribution in [-0.4, -0.2) is 18.3 Å². The third-order valence-electron chi connectivity index (χ3n) is 4.06. The van der Waals surface area contributed by atoms with Crippen LogP contribution >= 0.6 is 0 Å². The minimum atomic E-state index is 0.246. The van der Waals surface area contributed by atoms with Gasteiger partial charge in [0, 0.05) is 18.2 Å². The second kappa shape index (κ2) is 6.49. The van der Waals surface area contributed by atoms with E-state index in [0.29, 0.717) is 12.0 Å². The predicted octanol–water partition coefficient (Wildman–Crippen LogP) is 4.02. The van der Waals surface area contributed by atoms with Crippen LogP contribution in [0.2, 0.25) is 0 Å². The molecule has 1 atom stereocenters. The van der Waals surface area contributed by atoms with Gasteiger partial charge in [0.1, 0.15) is 18.1 Å². The number of nitrogens with one attached hydrogen (secondary N) is 1. The molecule has 0 spiro atoms. The van der Waals surface area contributed by atoms with Crippen molar-refractivity contribution in [1.82, 2.24) is 5.32 Å². The topological polar surface area (TPSA) is 41.5 Å². The van der Waals surface area contributed by atoms with Gasteiger partial charge in [0.15, 0.2) is 0 Å². The number of benzene rings is 1. The number of rotatable bonds is 7. The summed E-state index contributed by atoms with van der Waals surface area (Å²) in [6.07, 6.45) is 5.15. The molecule has 0 radical (unpaired) electrons. The monoisotopic (exact) mass is 277 g/mol. The van der Waals surface area contributed by atoms with Gasteiger partial charge in [-0.2, -0.15) is 0 Å². The van der Waals surface area contributed by atoms with E-state index in [1.54, 1.807) is 12.1 Å². The van der Waals surface area contributed by atoms with E-state index in [1.807, 2.05) is 6.07 Å². The van der Waals surface area contributed by atoms with E-state index in [1.165, 1.54) is 25.7 Å². The number of phenols is 1. The Hall–Kier alpha value is -1.22. The van der Waals surface area contributed by atoms with Gasteiger partial charge in [0.2, 0.25) is 0 Å². The second-order valence-electron chi connectivity index (χ2n) is 6.59. The number of hydrogen-bond acceptors (Lipinski definition) is 3. The van der Waals surface area contributed by atoms with Crippen molar-refractivity contribution in [1.29, 1.82) is 0 Å². The number of fused-ring (bicyclic) bond motifs is 1. The minimum absolute atomic E-state index is 0.246. The van der Waals surface area contributed by atoms with Crippen LogP contribution in [0.15, 0.2) is 18.2 Å². The van der Waals surface area contributed by atoms with Crippen molar-refractivity contribution in [2.45, 2.75) is 52.5 Å². The first-order valence-corrected chi connectivity index (χ1v) is 7.71. The molecule has 3 heteroatoms. The van der Waals surface area contributed by atoms with Crippen molar-refractivity contribution in [3.8, 4) is 11.5 Å². The van der Waals surface area contributed by atoms with Gasteiger partial charge >= 0.3 is 0 Å². The number of phenolic OH excluding ortho intramolecular Hbond substituents is 1. The Labute approximate surface area is 122 Å². The first kappa shape index (κ1) is 15.2. The Bertz CT molecular complexity index is 443. The molecule has 0 saturated heterocycles. The van der Waals surface area contributed by atoms with Gasteiger partial charge in [-0.1, -0.05) is 40.0 Å². The fourth-order valence-electron chi connectivity index (χ4n) is 2.71. The fraction of sp³-hybridized carbons (Fsp3) is 0.647. The van der Waals surface area contributed by atoms with E-state index in [2.05, 4.69) is 26.1 Å². The summed E-state index contributed by atoms with van der Waals surface area (Å²) in [6, 6.07) is 5.63. The summed E-state index contributed by atoms with van der Waals surface area (Å²) in [5.74, 6) is 1.08. The van der Waals surface area contributed by atoms with Crippen molar-refractivity contribution in [3.05, 3.63) is 23.8 Å². The smallest absolute Gasteiger partial charge is 0.127 e. The van der Waals surface area contributed by atoms with Crippen LogP contribution in [0.3, 0.4) is 0 Å². The lowest BCUT2D eigenvalue weighted by atomic mass is 9.86. The van der Waals surface area contributed by atoms with Crippen LogP contribution in [-0.2, 0) is 0 Å². The van der Waals surface area contributed by atoms with Crippen molar-refractivity contribution in [2.75, 3.05) is 13.2 Å². The quantitative estimate of drug-likeness (QED) is 0.740. The standard InChI is InChI=1S/C17H27NO2/c1-4-5-6-9-17(2,3)12-18-15-11-20-16-10-13(19)7-8-14(15)16/h7-8,10,15,18-19H,4-6,9,11-12H2,1-3H3. The molecular weight excluding hydrogens is 250 g/mol. The lowest BCUT2D eigenvalue weighted by molar-refractivity contribution is 0.260. The molecule has 1 unspecified atom stereocenters. The summed E-state index contributed by atoms with van der Waals surface area (Å²) in [7, 11) is 0. The van der Waals surface area contributed by atoms with Gasteiger partial charge in [0.05, 0.1) is 6.04 Å².